The number of nitrogens with one attached hydrogen (secondary N) is 1. The quantitative estimate of drug-likeness (QED) is 0.486. The Morgan fingerprint density at radius 1 is 1.10 bits per heavy atom. The molecule has 0 spiro atoms. The Labute approximate surface area is 177 Å². The van der Waals surface area contributed by atoms with E-state index in [9.17, 15) is 19.2 Å². The molecule has 1 aliphatic rings. The molecule has 4 rings (SSSR count). The number of rotatable bonds is 6. The van der Waals surface area contributed by atoms with Crippen molar-refractivity contribution in [1.82, 2.24) is 14.9 Å². The number of aromatic amines is 1. The van der Waals surface area contributed by atoms with Crippen LogP contribution in [0, 0.1) is 6.92 Å². The largest absolute Gasteiger partial charge is 0.454 e. The number of esters is 1. The summed E-state index contributed by atoms with van der Waals surface area (Å²) < 4.78 is 5.38. The summed E-state index contributed by atoms with van der Waals surface area (Å²) in [6.45, 7) is 3.60. The van der Waals surface area contributed by atoms with E-state index in [1.807, 2.05) is 6.92 Å². The highest BCUT2D eigenvalue weighted by atomic mass is 16.5. The van der Waals surface area contributed by atoms with Gasteiger partial charge in [-0.2, -0.15) is 0 Å². The first kappa shape index (κ1) is 20.5. The second-order valence-corrected chi connectivity index (χ2v) is 7.51. The van der Waals surface area contributed by atoms with Crippen LogP contribution in [0.15, 0.2) is 47.3 Å². The second-order valence-electron chi connectivity index (χ2n) is 7.51. The van der Waals surface area contributed by atoms with Gasteiger partial charge in [-0.25, -0.2) is 4.98 Å². The van der Waals surface area contributed by atoms with Crippen LogP contribution in [0.5, 0.6) is 0 Å². The minimum atomic E-state index is -0.743. The predicted octanol–water partition coefficient (Wildman–Crippen LogP) is 2.91. The van der Waals surface area contributed by atoms with E-state index in [2.05, 4.69) is 9.97 Å². The van der Waals surface area contributed by atoms with Gasteiger partial charge in [-0.3, -0.25) is 24.1 Å². The smallest absolute Gasteiger partial charge is 0.306 e. The molecule has 1 N–H and O–H groups in total. The Bertz CT molecular complexity index is 1260. The van der Waals surface area contributed by atoms with E-state index < -0.39 is 12.1 Å². The summed E-state index contributed by atoms with van der Waals surface area (Å²) in [5, 5.41) is 0.459. The number of imide groups is 1. The fourth-order valence-electron chi connectivity index (χ4n) is 3.60. The van der Waals surface area contributed by atoms with Crippen molar-refractivity contribution in [1.29, 1.82) is 0 Å². The number of aryl methyl sites for hydroxylation is 1. The van der Waals surface area contributed by atoms with Gasteiger partial charge < -0.3 is 9.72 Å². The van der Waals surface area contributed by atoms with E-state index in [0.29, 0.717) is 22.0 Å². The minimum absolute atomic E-state index is 0.0224. The van der Waals surface area contributed by atoms with Crippen LogP contribution in [0.3, 0.4) is 0 Å². The molecular weight excluding hydrogens is 398 g/mol. The van der Waals surface area contributed by atoms with E-state index >= 15 is 0 Å². The van der Waals surface area contributed by atoms with Crippen molar-refractivity contribution in [2.75, 3.05) is 6.54 Å². The highest BCUT2D eigenvalue weighted by Gasteiger charge is 2.35. The zero-order valence-corrected chi connectivity index (χ0v) is 17.2. The first-order valence-electron chi connectivity index (χ1n) is 10.0. The average Bonchev–Trinajstić information content (AvgIpc) is 2.98. The Hall–Kier alpha value is -3.81. The number of H-pyrrole nitrogens is 1. The molecule has 8 heteroatoms. The van der Waals surface area contributed by atoms with Crippen LogP contribution in [-0.2, 0) is 9.53 Å². The zero-order chi connectivity index (χ0) is 22.1. The Morgan fingerprint density at radius 2 is 1.84 bits per heavy atom. The fourth-order valence-corrected chi connectivity index (χ4v) is 3.60. The van der Waals surface area contributed by atoms with Crippen LogP contribution in [0.25, 0.3) is 10.9 Å². The molecule has 2 heterocycles. The topological polar surface area (TPSA) is 109 Å². The molecule has 8 nitrogen and oxygen atoms in total. The van der Waals surface area contributed by atoms with Crippen molar-refractivity contribution >= 4 is 28.7 Å². The maximum absolute atomic E-state index is 12.5. The number of para-hydroxylation sites is 1. The number of carbonyl (C=O) groups excluding carboxylic acids is 3. The number of carbonyl (C=O) groups is 3. The van der Waals surface area contributed by atoms with Crippen LogP contribution >= 0.6 is 0 Å². The Balaban J connectivity index is 1.34. The lowest BCUT2D eigenvalue weighted by molar-refractivity contribution is -0.149. The Morgan fingerprint density at radius 3 is 2.65 bits per heavy atom. The molecular formula is C23H21N3O5. The molecule has 1 unspecified atom stereocenters. The Kier molecular flexibility index (Phi) is 5.37. The van der Waals surface area contributed by atoms with E-state index in [-0.39, 0.29) is 42.6 Å². The molecule has 31 heavy (non-hydrogen) atoms. The SMILES string of the molecule is Cc1ccc2c(c1)C(=O)N(CCCC(=O)OC(C)c1nc3ccccc3c(=O)[nH]1)C2=O. The van der Waals surface area contributed by atoms with Crippen molar-refractivity contribution < 1.29 is 19.1 Å². The number of amides is 2. The van der Waals surface area contributed by atoms with Crippen LogP contribution in [0.1, 0.15) is 58.0 Å². The number of hydrogen-bond donors (Lipinski definition) is 1. The third-order valence-electron chi connectivity index (χ3n) is 5.21. The molecule has 0 saturated heterocycles. The van der Waals surface area contributed by atoms with Crippen LogP contribution in [0.2, 0.25) is 0 Å². The highest BCUT2D eigenvalue weighted by molar-refractivity contribution is 6.21. The van der Waals surface area contributed by atoms with Crippen molar-refractivity contribution in [3.05, 3.63) is 75.3 Å². The number of benzene rings is 2. The van der Waals surface area contributed by atoms with Gasteiger partial charge in [0.1, 0.15) is 0 Å². The van der Waals surface area contributed by atoms with Gasteiger partial charge in [0.15, 0.2) is 11.9 Å². The van der Waals surface area contributed by atoms with Gasteiger partial charge in [0.25, 0.3) is 17.4 Å². The lowest BCUT2D eigenvalue weighted by Gasteiger charge is -2.15. The molecule has 0 bridgehead atoms. The minimum Gasteiger partial charge on any atom is -0.454 e. The van der Waals surface area contributed by atoms with Gasteiger partial charge in [-0.05, 0) is 44.5 Å². The summed E-state index contributed by atoms with van der Waals surface area (Å²) in [7, 11) is 0. The monoisotopic (exact) mass is 419 g/mol. The summed E-state index contributed by atoms with van der Waals surface area (Å²) in [6, 6.07) is 12.0. The van der Waals surface area contributed by atoms with Gasteiger partial charge in [-0.1, -0.05) is 23.8 Å². The highest BCUT2D eigenvalue weighted by Crippen LogP contribution is 2.24. The molecule has 158 valence electrons. The van der Waals surface area contributed by atoms with Gasteiger partial charge in [-0.15, -0.1) is 0 Å². The van der Waals surface area contributed by atoms with E-state index in [4.69, 9.17) is 4.74 Å². The van der Waals surface area contributed by atoms with Gasteiger partial charge in [0.2, 0.25) is 0 Å². The average molecular weight is 419 g/mol. The predicted molar refractivity (Wildman–Crippen MR) is 113 cm³/mol. The third kappa shape index (κ3) is 3.96. The van der Waals surface area contributed by atoms with Gasteiger partial charge >= 0.3 is 5.97 Å². The van der Waals surface area contributed by atoms with Gasteiger partial charge in [0.05, 0.1) is 22.0 Å². The molecule has 0 saturated carbocycles. The second kappa shape index (κ2) is 8.14. The standard InChI is InChI=1S/C23H21N3O5/c1-13-9-10-15-17(12-13)23(30)26(22(15)29)11-5-8-19(27)31-14(2)20-24-18-7-4-3-6-16(18)21(28)25-20/h3-4,6-7,9-10,12,14H,5,8,11H2,1-2H3,(H,24,25,28). The molecule has 0 radical (unpaired) electrons. The summed E-state index contributed by atoms with van der Waals surface area (Å²) in [5.74, 6) is -0.938. The summed E-state index contributed by atoms with van der Waals surface area (Å²) in [6.07, 6.45) is -0.446. The van der Waals surface area contributed by atoms with E-state index in [1.54, 1.807) is 49.4 Å². The molecule has 2 amide bonds. The van der Waals surface area contributed by atoms with Crippen LogP contribution in [0.4, 0.5) is 0 Å². The van der Waals surface area contributed by atoms with Crippen molar-refractivity contribution in [2.24, 2.45) is 0 Å². The number of ether oxygens (including phenoxy) is 1. The summed E-state index contributed by atoms with van der Waals surface area (Å²) >= 11 is 0. The lowest BCUT2D eigenvalue weighted by Crippen LogP contribution is -2.31. The van der Waals surface area contributed by atoms with Gasteiger partial charge in [0, 0.05) is 13.0 Å². The van der Waals surface area contributed by atoms with Crippen LogP contribution in [-0.4, -0.2) is 39.2 Å². The first-order valence-corrected chi connectivity index (χ1v) is 10.0. The summed E-state index contributed by atoms with van der Waals surface area (Å²) in [5.41, 5.74) is 1.90. The van der Waals surface area contributed by atoms with E-state index in [0.717, 1.165) is 10.5 Å². The molecule has 2 aromatic carbocycles. The van der Waals surface area contributed by atoms with Crippen LogP contribution < -0.4 is 5.56 Å². The fraction of sp³-hybridized carbons (Fsp3) is 0.261. The molecule has 0 fully saturated rings. The summed E-state index contributed by atoms with van der Waals surface area (Å²) in [4.78, 5) is 57.5. The third-order valence-corrected chi connectivity index (χ3v) is 5.21. The first-order chi connectivity index (χ1) is 14.8. The number of hydrogen-bond acceptors (Lipinski definition) is 6. The number of nitrogens with zero attached hydrogens (tertiary/aromatic N) is 2. The maximum Gasteiger partial charge on any atom is 0.306 e. The normalized spacial score (nSPS) is 14.1. The molecule has 1 atom stereocenters. The lowest BCUT2D eigenvalue weighted by atomic mass is 10.1. The van der Waals surface area contributed by atoms with Crippen molar-refractivity contribution in [3.8, 4) is 0 Å². The number of aromatic nitrogens is 2. The zero-order valence-electron chi connectivity index (χ0n) is 17.2. The molecule has 1 aliphatic heterocycles. The maximum atomic E-state index is 12.5. The molecule has 0 aliphatic carbocycles. The van der Waals surface area contributed by atoms with E-state index in [1.165, 1.54) is 0 Å². The van der Waals surface area contributed by atoms with Crippen molar-refractivity contribution in [2.45, 2.75) is 32.8 Å². The van der Waals surface area contributed by atoms with Crippen molar-refractivity contribution in [3.63, 3.8) is 0 Å². The molecule has 3 aromatic rings. The number of fused-ring (bicyclic) bond motifs is 2. The molecule has 1 aromatic heterocycles.